The fourth-order valence-electron chi connectivity index (χ4n) is 1.54. The molecule has 0 amide bonds. The van der Waals surface area contributed by atoms with E-state index in [-0.39, 0.29) is 0 Å². The molecule has 1 aromatic rings. The van der Waals surface area contributed by atoms with E-state index < -0.39 is 0 Å². The first-order valence-electron chi connectivity index (χ1n) is 5.20. The van der Waals surface area contributed by atoms with Gasteiger partial charge in [0, 0.05) is 19.2 Å². The number of hydrogen-bond acceptors (Lipinski definition) is 1. The highest BCUT2D eigenvalue weighted by molar-refractivity contribution is 6.33. The Morgan fingerprint density at radius 3 is 2.43 bits per heavy atom. The van der Waals surface area contributed by atoms with E-state index in [2.05, 4.69) is 30.9 Å². The van der Waals surface area contributed by atoms with Gasteiger partial charge in [0.1, 0.15) is 0 Å². The second kappa shape index (κ2) is 5.92. The zero-order chi connectivity index (χ0) is 10.4. The minimum atomic E-state index is 0.731. The van der Waals surface area contributed by atoms with E-state index in [0.29, 0.717) is 0 Å². The molecule has 0 spiro atoms. The summed E-state index contributed by atoms with van der Waals surface area (Å²) in [7, 11) is 0. The largest absolute Gasteiger partial charge is 0.370 e. The molecule has 0 aliphatic rings. The molecule has 0 fully saturated rings. The Kier molecular flexibility index (Phi) is 4.81. The predicted molar refractivity (Wildman–Crippen MR) is 63.1 cm³/mol. The van der Waals surface area contributed by atoms with Crippen molar-refractivity contribution in [3.63, 3.8) is 0 Å². The van der Waals surface area contributed by atoms with E-state index in [1.165, 1.54) is 0 Å². The van der Waals surface area contributed by atoms with Gasteiger partial charge < -0.3 is 4.90 Å². The lowest BCUT2D eigenvalue weighted by molar-refractivity contribution is 0.745. The van der Waals surface area contributed by atoms with Crippen LogP contribution in [0, 0.1) is 6.07 Å². The van der Waals surface area contributed by atoms with Gasteiger partial charge in [-0.25, -0.2) is 0 Å². The summed E-state index contributed by atoms with van der Waals surface area (Å²) in [6, 6.07) is 8.92. The van der Waals surface area contributed by atoms with Crippen molar-refractivity contribution in [1.82, 2.24) is 0 Å². The topological polar surface area (TPSA) is 3.24 Å². The molecule has 0 bridgehead atoms. The van der Waals surface area contributed by atoms with E-state index in [1.54, 1.807) is 0 Å². The summed E-state index contributed by atoms with van der Waals surface area (Å²) >= 11 is 6.09. The molecule has 0 atom stereocenters. The van der Waals surface area contributed by atoms with Crippen molar-refractivity contribution in [1.29, 1.82) is 0 Å². The van der Waals surface area contributed by atoms with Crippen LogP contribution in [0.1, 0.15) is 26.7 Å². The fraction of sp³-hybridized carbons (Fsp3) is 0.500. The molecule has 14 heavy (non-hydrogen) atoms. The standard InChI is InChI=1S/C12H17ClN/c1-3-9-14(10-4-2)12-8-6-5-7-11(12)13/h5-6,8H,3-4,9-10H2,1-2H3. The highest BCUT2D eigenvalue weighted by Crippen LogP contribution is 2.24. The molecule has 0 aromatic heterocycles. The number of rotatable bonds is 5. The molecular formula is C12H17ClN. The second-order valence-electron chi connectivity index (χ2n) is 3.36. The molecule has 1 rings (SSSR count). The van der Waals surface area contributed by atoms with Crippen LogP contribution in [-0.4, -0.2) is 13.1 Å². The number of nitrogens with zero attached hydrogens (tertiary/aromatic N) is 1. The third-order valence-corrected chi connectivity index (χ3v) is 2.42. The average molecular weight is 211 g/mol. The average Bonchev–Trinajstić information content (AvgIpc) is 2.18. The van der Waals surface area contributed by atoms with Crippen LogP contribution in [0.25, 0.3) is 0 Å². The van der Waals surface area contributed by atoms with Gasteiger partial charge in [0.05, 0.1) is 10.7 Å². The van der Waals surface area contributed by atoms with E-state index in [1.807, 2.05) is 12.1 Å². The van der Waals surface area contributed by atoms with E-state index in [4.69, 9.17) is 11.6 Å². The van der Waals surface area contributed by atoms with Gasteiger partial charge in [-0.05, 0) is 18.9 Å². The molecule has 0 aliphatic carbocycles. The van der Waals surface area contributed by atoms with Gasteiger partial charge in [-0.15, -0.1) is 0 Å². The summed E-state index contributed by atoms with van der Waals surface area (Å²) in [4.78, 5) is 2.32. The molecule has 77 valence electrons. The lowest BCUT2D eigenvalue weighted by Crippen LogP contribution is -2.25. The lowest BCUT2D eigenvalue weighted by Gasteiger charge is -2.24. The summed E-state index contributed by atoms with van der Waals surface area (Å²) in [5.74, 6) is 0. The Balaban J connectivity index is 2.81. The van der Waals surface area contributed by atoms with Gasteiger partial charge in [-0.3, -0.25) is 0 Å². The summed E-state index contributed by atoms with van der Waals surface area (Å²) < 4.78 is 0. The maximum Gasteiger partial charge on any atom is 0.0718 e. The van der Waals surface area contributed by atoms with Gasteiger partial charge in [0.2, 0.25) is 0 Å². The van der Waals surface area contributed by atoms with Crippen molar-refractivity contribution in [2.45, 2.75) is 26.7 Å². The number of anilines is 1. The Hall–Kier alpha value is -0.690. The highest BCUT2D eigenvalue weighted by atomic mass is 35.5. The third kappa shape index (κ3) is 2.91. The van der Waals surface area contributed by atoms with Gasteiger partial charge in [0.15, 0.2) is 0 Å². The molecule has 0 N–H and O–H groups in total. The zero-order valence-electron chi connectivity index (χ0n) is 8.89. The number of benzene rings is 1. The zero-order valence-corrected chi connectivity index (χ0v) is 9.64. The summed E-state index contributed by atoms with van der Waals surface area (Å²) in [6.45, 7) is 6.49. The minimum Gasteiger partial charge on any atom is -0.370 e. The first kappa shape index (κ1) is 11.4. The lowest BCUT2D eigenvalue weighted by atomic mass is 10.2. The van der Waals surface area contributed by atoms with Crippen molar-refractivity contribution < 1.29 is 0 Å². The molecule has 0 unspecified atom stereocenters. The quantitative estimate of drug-likeness (QED) is 0.715. The van der Waals surface area contributed by atoms with E-state index >= 15 is 0 Å². The SMILES string of the molecule is CCCN(CCC)c1ccc[c]c1Cl. The Bertz CT molecular complexity index is 267. The van der Waals surface area contributed by atoms with Crippen LogP contribution in [0.5, 0.6) is 0 Å². The molecule has 2 heteroatoms. The van der Waals surface area contributed by atoms with Crippen LogP contribution >= 0.6 is 11.6 Å². The monoisotopic (exact) mass is 210 g/mol. The first-order valence-corrected chi connectivity index (χ1v) is 5.58. The van der Waals surface area contributed by atoms with Crippen LogP contribution in [-0.2, 0) is 0 Å². The summed E-state index contributed by atoms with van der Waals surface area (Å²) in [5, 5.41) is 0.731. The van der Waals surface area contributed by atoms with Crippen LogP contribution in [0.4, 0.5) is 5.69 Å². The number of hydrogen-bond donors (Lipinski definition) is 0. The van der Waals surface area contributed by atoms with Crippen molar-refractivity contribution in [2.24, 2.45) is 0 Å². The third-order valence-electron chi connectivity index (χ3n) is 2.11. The smallest absolute Gasteiger partial charge is 0.0718 e. The molecule has 1 radical (unpaired) electrons. The van der Waals surface area contributed by atoms with Gasteiger partial charge in [-0.1, -0.05) is 37.6 Å². The number of halogens is 1. The highest BCUT2D eigenvalue weighted by Gasteiger charge is 2.07. The summed E-state index contributed by atoms with van der Waals surface area (Å²) in [6.07, 6.45) is 2.29. The molecule has 0 heterocycles. The van der Waals surface area contributed by atoms with Crippen molar-refractivity contribution in [3.8, 4) is 0 Å². The Morgan fingerprint density at radius 2 is 1.93 bits per heavy atom. The molecule has 1 nitrogen and oxygen atoms in total. The molecule has 0 saturated carbocycles. The Labute approximate surface area is 91.7 Å². The maximum atomic E-state index is 6.09. The fourth-order valence-corrected chi connectivity index (χ4v) is 1.79. The van der Waals surface area contributed by atoms with Crippen molar-refractivity contribution in [3.05, 3.63) is 29.3 Å². The Morgan fingerprint density at radius 1 is 1.29 bits per heavy atom. The normalized spacial score (nSPS) is 10.2. The van der Waals surface area contributed by atoms with E-state index in [0.717, 1.165) is 36.6 Å². The second-order valence-corrected chi connectivity index (χ2v) is 3.73. The van der Waals surface area contributed by atoms with Gasteiger partial charge in [0.25, 0.3) is 0 Å². The first-order chi connectivity index (χ1) is 6.79. The van der Waals surface area contributed by atoms with Crippen molar-refractivity contribution in [2.75, 3.05) is 18.0 Å². The van der Waals surface area contributed by atoms with Gasteiger partial charge >= 0.3 is 0 Å². The molecule has 0 saturated heterocycles. The van der Waals surface area contributed by atoms with Crippen molar-refractivity contribution >= 4 is 17.3 Å². The van der Waals surface area contributed by atoms with Crippen LogP contribution < -0.4 is 4.90 Å². The van der Waals surface area contributed by atoms with E-state index in [9.17, 15) is 0 Å². The van der Waals surface area contributed by atoms with Crippen LogP contribution in [0.3, 0.4) is 0 Å². The molecular weight excluding hydrogens is 194 g/mol. The predicted octanol–water partition coefficient (Wildman–Crippen LogP) is 3.77. The van der Waals surface area contributed by atoms with Crippen LogP contribution in [0.15, 0.2) is 18.2 Å². The van der Waals surface area contributed by atoms with Gasteiger partial charge in [-0.2, -0.15) is 0 Å². The minimum absolute atomic E-state index is 0.731. The molecule has 1 aromatic carbocycles. The van der Waals surface area contributed by atoms with Crippen LogP contribution in [0.2, 0.25) is 5.02 Å². The summed E-state index contributed by atoms with van der Waals surface area (Å²) in [5.41, 5.74) is 1.11. The maximum absolute atomic E-state index is 6.09. The molecule has 0 aliphatic heterocycles.